The predicted molar refractivity (Wildman–Crippen MR) is 101 cm³/mol. The van der Waals surface area contributed by atoms with Crippen LogP contribution in [0.1, 0.15) is 24.8 Å². The van der Waals surface area contributed by atoms with E-state index in [0.717, 1.165) is 42.2 Å². The number of anilines is 1. The third-order valence-electron chi connectivity index (χ3n) is 6.13. The van der Waals surface area contributed by atoms with E-state index >= 15 is 0 Å². The highest BCUT2D eigenvalue weighted by Gasteiger charge is 2.43. The fourth-order valence-corrected chi connectivity index (χ4v) is 4.75. The second-order valence-electron chi connectivity index (χ2n) is 7.77. The zero-order chi connectivity index (χ0) is 19.0. The third-order valence-corrected chi connectivity index (χ3v) is 6.13. The number of carbonyl (C=O) groups is 1. The van der Waals surface area contributed by atoms with Crippen molar-refractivity contribution in [2.75, 3.05) is 25.0 Å². The van der Waals surface area contributed by atoms with Crippen molar-refractivity contribution in [3.63, 3.8) is 0 Å². The minimum atomic E-state index is -0.778. The molecule has 1 aliphatic carbocycles. The van der Waals surface area contributed by atoms with Crippen LogP contribution in [0, 0.1) is 24.7 Å². The molecule has 3 atom stereocenters. The molecule has 8 nitrogen and oxygen atoms in total. The lowest BCUT2D eigenvalue weighted by Crippen LogP contribution is -2.28. The van der Waals surface area contributed by atoms with Gasteiger partial charge in [0.25, 0.3) is 0 Å². The standard InChI is InChI=1S/C19H26N6O2/c1-12-9-21-24(2)18(12)16-5-6-17(23-22-16)20-8-7-13-3-4-14-10-25(19(26)27)11-15(13)14/h5-6,9,13-15H,3-4,7-8,10-11H2,1-2H3,(H,20,23)(H,26,27). The maximum absolute atomic E-state index is 11.2. The van der Waals surface area contributed by atoms with Gasteiger partial charge in [0, 0.05) is 26.7 Å². The molecule has 3 heterocycles. The van der Waals surface area contributed by atoms with Crippen molar-refractivity contribution >= 4 is 11.9 Å². The van der Waals surface area contributed by atoms with E-state index in [1.807, 2.05) is 37.0 Å². The molecule has 2 aliphatic rings. The number of rotatable bonds is 5. The molecule has 1 saturated heterocycles. The van der Waals surface area contributed by atoms with Crippen molar-refractivity contribution in [1.29, 1.82) is 0 Å². The molecule has 2 N–H and O–H groups in total. The molecule has 8 heteroatoms. The van der Waals surface area contributed by atoms with Gasteiger partial charge in [-0.2, -0.15) is 5.10 Å². The summed E-state index contributed by atoms with van der Waals surface area (Å²) in [6.07, 6.45) is 4.44. The number of nitrogens with zero attached hydrogens (tertiary/aromatic N) is 5. The first kappa shape index (κ1) is 17.8. The number of carboxylic acid groups (broad SMARTS) is 1. The molecular formula is C19H26N6O2. The van der Waals surface area contributed by atoms with Crippen LogP contribution in [0.2, 0.25) is 0 Å². The molecule has 1 aliphatic heterocycles. The van der Waals surface area contributed by atoms with E-state index in [4.69, 9.17) is 0 Å². The minimum absolute atomic E-state index is 0.518. The van der Waals surface area contributed by atoms with E-state index in [-0.39, 0.29) is 0 Å². The molecule has 0 aromatic carbocycles. The van der Waals surface area contributed by atoms with E-state index in [9.17, 15) is 9.90 Å². The van der Waals surface area contributed by atoms with Gasteiger partial charge in [0.1, 0.15) is 11.5 Å². The van der Waals surface area contributed by atoms with Gasteiger partial charge >= 0.3 is 6.09 Å². The lowest BCUT2D eigenvalue weighted by Gasteiger charge is -2.19. The van der Waals surface area contributed by atoms with Gasteiger partial charge in [0.15, 0.2) is 0 Å². The Labute approximate surface area is 158 Å². The topological polar surface area (TPSA) is 96.2 Å². The molecule has 1 saturated carbocycles. The van der Waals surface area contributed by atoms with Crippen molar-refractivity contribution in [2.45, 2.75) is 26.2 Å². The van der Waals surface area contributed by atoms with Crippen molar-refractivity contribution < 1.29 is 9.90 Å². The lowest BCUT2D eigenvalue weighted by atomic mass is 9.90. The van der Waals surface area contributed by atoms with Crippen LogP contribution in [0.4, 0.5) is 10.6 Å². The van der Waals surface area contributed by atoms with Crippen LogP contribution in [-0.2, 0) is 7.05 Å². The average Bonchev–Trinajstić information content (AvgIpc) is 3.32. The SMILES string of the molecule is Cc1cnn(C)c1-c1ccc(NCCC2CCC3CN(C(=O)O)CC23)nn1. The molecule has 0 bridgehead atoms. The number of nitrogens with one attached hydrogen (secondary N) is 1. The number of fused-ring (bicyclic) bond motifs is 1. The van der Waals surface area contributed by atoms with Crippen LogP contribution >= 0.6 is 0 Å². The summed E-state index contributed by atoms with van der Waals surface area (Å²) in [5, 5.41) is 25.4. The Morgan fingerprint density at radius 1 is 1.30 bits per heavy atom. The summed E-state index contributed by atoms with van der Waals surface area (Å²) in [5.74, 6) is 2.43. The van der Waals surface area contributed by atoms with Crippen molar-refractivity contribution in [3.8, 4) is 11.4 Å². The fraction of sp³-hybridized carbons (Fsp3) is 0.579. The Morgan fingerprint density at radius 3 is 2.81 bits per heavy atom. The first-order valence-electron chi connectivity index (χ1n) is 9.57. The second-order valence-corrected chi connectivity index (χ2v) is 7.77. The normalized spacial score (nSPS) is 24.2. The first-order chi connectivity index (χ1) is 13.0. The summed E-state index contributed by atoms with van der Waals surface area (Å²) in [5.41, 5.74) is 2.88. The summed E-state index contributed by atoms with van der Waals surface area (Å²) in [6.45, 7) is 4.26. The fourth-order valence-electron chi connectivity index (χ4n) is 4.75. The number of hydrogen-bond donors (Lipinski definition) is 2. The van der Waals surface area contributed by atoms with Crippen LogP contribution in [0.3, 0.4) is 0 Å². The number of amides is 1. The molecule has 2 fully saturated rings. The number of aryl methyl sites for hydroxylation is 2. The molecule has 1 amide bonds. The largest absolute Gasteiger partial charge is 0.465 e. The molecule has 2 aromatic heterocycles. The van der Waals surface area contributed by atoms with E-state index < -0.39 is 6.09 Å². The average molecular weight is 370 g/mol. The van der Waals surface area contributed by atoms with Gasteiger partial charge in [-0.25, -0.2) is 4.79 Å². The van der Waals surface area contributed by atoms with Crippen LogP contribution in [-0.4, -0.2) is 55.7 Å². The van der Waals surface area contributed by atoms with E-state index in [1.54, 1.807) is 4.90 Å². The Kier molecular flexibility index (Phi) is 4.72. The summed E-state index contributed by atoms with van der Waals surface area (Å²) in [6, 6.07) is 3.92. The van der Waals surface area contributed by atoms with E-state index in [2.05, 4.69) is 20.6 Å². The Balaban J connectivity index is 1.30. The summed E-state index contributed by atoms with van der Waals surface area (Å²) < 4.78 is 1.81. The summed E-state index contributed by atoms with van der Waals surface area (Å²) >= 11 is 0. The molecular weight excluding hydrogens is 344 g/mol. The third kappa shape index (κ3) is 3.48. The highest BCUT2D eigenvalue weighted by atomic mass is 16.4. The van der Waals surface area contributed by atoms with Crippen LogP contribution in [0.25, 0.3) is 11.4 Å². The van der Waals surface area contributed by atoms with Crippen LogP contribution < -0.4 is 5.32 Å². The van der Waals surface area contributed by atoms with Crippen molar-refractivity contribution in [1.82, 2.24) is 24.9 Å². The van der Waals surface area contributed by atoms with Gasteiger partial charge in [0.05, 0.1) is 11.9 Å². The smallest absolute Gasteiger partial charge is 0.407 e. The first-order valence-corrected chi connectivity index (χ1v) is 9.57. The Hall–Kier alpha value is -2.64. The van der Waals surface area contributed by atoms with Crippen LogP contribution in [0.5, 0.6) is 0 Å². The molecule has 27 heavy (non-hydrogen) atoms. The Morgan fingerprint density at radius 2 is 2.15 bits per heavy atom. The van der Waals surface area contributed by atoms with Crippen molar-refractivity contribution in [2.24, 2.45) is 24.8 Å². The van der Waals surface area contributed by atoms with Gasteiger partial charge in [0.2, 0.25) is 0 Å². The zero-order valence-corrected chi connectivity index (χ0v) is 15.8. The predicted octanol–water partition coefficient (Wildman–Crippen LogP) is 2.62. The molecule has 0 spiro atoms. The highest BCUT2D eigenvalue weighted by molar-refractivity contribution is 5.65. The van der Waals surface area contributed by atoms with E-state index in [0.29, 0.717) is 30.8 Å². The van der Waals surface area contributed by atoms with E-state index in [1.165, 1.54) is 6.42 Å². The summed E-state index contributed by atoms with van der Waals surface area (Å²) in [7, 11) is 1.90. The quantitative estimate of drug-likeness (QED) is 0.840. The molecule has 0 radical (unpaired) electrons. The van der Waals surface area contributed by atoms with Gasteiger partial charge in [-0.15, -0.1) is 10.2 Å². The Bertz CT molecular complexity index is 799. The van der Waals surface area contributed by atoms with Gasteiger partial charge in [-0.05, 0) is 61.6 Å². The number of hydrogen-bond acceptors (Lipinski definition) is 5. The highest BCUT2D eigenvalue weighted by Crippen LogP contribution is 2.43. The van der Waals surface area contributed by atoms with Crippen molar-refractivity contribution in [3.05, 3.63) is 23.9 Å². The lowest BCUT2D eigenvalue weighted by molar-refractivity contribution is 0.150. The monoisotopic (exact) mass is 370 g/mol. The van der Waals surface area contributed by atoms with Gasteiger partial charge < -0.3 is 15.3 Å². The maximum Gasteiger partial charge on any atom is 0.407 e. The molecule has 2 aromatic rings. The zero-order valence-electron chi connectivity index (χ0n) is 15.8. The maximum atomic E-state index is 11.2. The van der Waals surface area contributed by atoms with Gasteiger partial charge in [-0.1, -0.05) is 0 Å². The van der Waals surface area contributed by atoms with Crippen LogP contribution in [0.15, 0.2) is 18.3 Å². The number of likely N-dealkylation sites (tertiary alicyclic amines) is 1. The number of aromatic nitrogens is 4. The van der Waals surface area contributed by atoms with Gasteiger partial charge in [-0.3, -0.25) is 4.68 Å². The second kappa shape index (κ2) is 7.17. The molecule has 4 rings (SSSR count). The molecule has 144 valence electrons. The summed E-state index contributed by atoms with van der Waals surface area (Å²) in [4.78, 5) is 12.8. The minimum Gasteiger partial charge on any atom is -0.465 e. The molecule has 3 unspecified atom stereocenters.